The molecule has 0 saturated carbocycles. The van der Waals surface area contributed by atoms with E-state index in [-0.39, 0.29) is 31.0 Å². The van der Waals surface area contributed by atoms with Crippen LogP contribution in [-0.4, -0.2) is 14.7 Å². The topological polar surface area (TPSA) is 46.2 Å². The number of anilines is 1. The van der Waals surface area contributed by atoms with E-state index in [0.29, 0.717) is 5.69 Å². The number of aryl methyl sites for hydroxylation is 1. The minimum atomic E-state index is -3.14. The molecule has 3 nitrogen and oxygen atoms in total. The summed E-state index contributed by atoms with van der Waals surface area (Å²) < 4.78 is 23.9. The Balaban J connectivity index is 0. The van der Waals surface area contributed by atoms with Crippen LogP contribution in [0, 0.1) is 6.92 Å². The van der Waals surface area contributed by atoms with Gasteiger partial charge in [-0.2, -0.15) is 0 Å². The molecule has 0 atom stereocenters. The van der Waals surface area contributed by atoms with Crippen LogP contribution in [-0.2, 0) is 10.0 Å². The first-order valence-corrected chi connectivity index (χ1v) is 5.41. The van der Waals surface area contributed by atoms with Crippen LogP contribution in [0.25, 0.3) is 0 Å². The molecule has 0 amide bonds. The van der Waals surface area contributed by atoms with Gasteiger partial charge in [-0.05, 0) is 19.1 Å². The molecule has 0 aliphatic rings. The van der Waals surface area contributed by atoms with E-state index in [1.54, 1.807) is 12.1 Å². The minimum absolute atomic E-state index is 0. The molecule has 1 N–H and O–H groups in total. The summed E-state index contributed by atoms with van der Waals surface area (Å²) in [7, 11) is -3.14. The summed E-state index contributed by atoms with van der Waals surface area (Å²) in [6.45, 7) is 1.95. The summed E-state index contributed by atoms with van der Waals surface area (Å²) in [5.74, 6) is 0. The largest absolute Gasteiger partial charge is 1.00 e. The first-order valence-electron chi connectivity index (χ1n) is 3.52. The molecule has 0 aliphatic heterocycles. The number of hydrogen-bond donors (Lipinski definition) is 1. The Bertz CT molecular complexity index is 363. The zero-order valence-corrected chi connectivity index (χ0v) is 10.9. The Hall–Kier alpha value is -0.0300. The average Bonchev–Trinajstić information content (AvgIpc) is 1.91. The van der Waals surface area contributed by atoms with Gasteiger partial charge in [0.1, 0.15) is 0 Å². The van der Waals surface area contributed by atoms with Gasteiger partial charge in [0.25, 0.3) is 0 Å². The van der Waals surface area contributed by atoms with Gasteiger partial charge < -0.3 is 1.43 Å². The SMILES string of the molecule is Cc1ccc(NS(C)(=O)=O)cc1.[H-].[Na+]. The van der Waals surface area contributed by atoms with Crippen molar-refractivity contribution in [1.82, 2.24) is 0 Å². The molecular weight excluding hydrogens is 197 g/mol. The second-order valence-electron chi connectivity index (χ2n) is 2.74. The fourth-order valence-corrected chi connectivity index (χ4v) is 1.40. The Morgan fingerprint density at radius 1 is 1.23 bits per heavy atom. The predicted octanol–water partition coefficient (Wildman–Crippen LogP) is -1.52. The van der Waals surface area contributed by atoms with Gasteiger partial charge >= 0.3 is 29.6 Å². The molecule has 0 saturated heterocycles. The van der Waals surface area contributed by atoms with Crippen LogP contribution in [0.3, 0.4) is 0 Å². The third-order valence-electron chi connectivity index (χ3n) is 1.35. The van der Waals surface area contributed by atoms with E-state index >= 15 is 0 Å². The normalized spacial score (nSPS) is 10.3. The van der Waals surface area contributed by atoms with Crippen molar-refractivity contribution < 1.29 is 39.4 Å². The van der Waals surface area contributed by atoms with E-state index < -0.39 is 10.0 Å². The molecular formula is C8H12NNaO2S. The molecule has 5 heteroatoms. The maximum absolute atomic E-state index is 10.8. The molecule has 13 heavy (non-hydrogen) atoms. The number of nitrogens with one attached hydrogen (secondary N) is 1. The molecule has 0 bridgehead atoms. The van der Waals surface area contributed by atoms with Crippen molar-refractivity contribution in [3.05, 3.63) is 29.8 Å². The van der Waals surface area contributed by atoms with Gasteiger partial charge in [-0.1, -0.05) is 17.7 Å². The van der Waals surface area contributed by atoms with Crippen molar-refractivity contribution in [2.75, 3.05) is 11.0 Å². The summed E-state index contributed by atoms with van der Waals surface area (Å²) in [5.41, 5.74) is 1.71. The van der Waals surface area contributed by atoms with Crippen molar-refractivity contribution in [3.63, 3.8) is 0 Å². The van der Waals surface area contributed by atoms with Gasteiger partial charge in [0.15, 0.2) is 0 Å². The Morgan fingerprint density at radius 2 is 1.69 bits per heavy atom. The number of rotatable bonds is 2. The first-order chi connectivity index (χ1) is 5.47. The third-order valence-corrected chi connectivity index (χ3v) is 1.96. The van der Waals surface area contributed by atoms with Crippen LogP contribution in [0.2, 0.25) is 0 Å². The van der Waals surface area contributed by atoms with Crippen LogP contribution in [0.1, 0.15) is 6.99 Å². The molecule has 0 radical (unpaired) electrons. The minimum Gasteiger partial charge on any atom is -1.00 e. The predicted molar refractivity (Wildman–Crippen MR) is 50.8 cm³/mol. The molecule has 1 aromatic rings. The number of hydrogen-bond acceptors (Lipinski definition) is 2. The third kappa shape index (κ3) is 5.31. The second kappa shape index (κ2) is 5.00. The number of benzene rings is 1. The average molecular weight is 209 g/mol. The van der Waals surface area contributed by atoms with Crippen LogP contribution in [0.5, 0.6) is 0 Å². The zero-order chi connectivity index (χ0) is 9.19. The molecule has 0 fully saturated rings. The molecule has 0 aliphatic carbocycles. The van der Waals surface area contributed by atoms with Crippen LogP contribution in [0.4, 0.5) is 5.69 Å². The zero-order valence-electron chi connectivity index (χ0n) is 9.03. The van der Waals surface area contributed by atoms with Gasteiger partial charge in [0, 0.05) is 5.69 Å². The molecule has 0 unspecified atom stereocenters. The standard InChI is InChI=1S/C8H11NO2S.Na.H/c1-7-3-5-8(6-4-7)9-12(2,10)11;;/h3-6,9H,1-2H3;;/q;+1;-1. The number of sulfonamides is 1. The second-order valence-corrected chi connectivity index (χ2v) is 4.49. The summed E-state index contributed by atoms with van der Waals surface area (Å²) in [4.78, 5) is 0. The molecule has 0 heterocycles. The Labute approximate surface area is 102 Å². The van der Waals surface area contributed by atoms with E-state index in [1.165, 1.54) is 0 Å². The van der Waals surface area contributed by atoms with Crippen molar-refractivity contribution in [3.8, 4) is 0 Å². The molecule has 1 rings (SSSR count). The molecule has 1 aromatic carbocycles. The van der Waals surface area contributed by atoms with Gasteiger partial charge in [-0.15, -0.1) is 0 Å². The van der Waals surface area contributed by atoms with E-state index in [4.69, 9.17) is 0 Å². The van der Waals surface area contributed by atoms with Crippen LogP contribution < -0.4 is 34.3 Å². The van der Waals surface area contributed by atoms with Crippen LogP contribution in [0.15, 0.2) is 24.3 Å². The fraction of sp³-hybridized carbons (Fsp3) is 0.250. The summed E-state index contributed by atoms with van der Waals surface area (Å²) >= 11 is 0. The van der Waals surface area contributed by atoms with Crippen molar-refractivity contribution in [2.45, 2.75) is 6.92 Å². The monoisotopic (exact) mass is 209 g/mol. The smallest absolute Gasteiger partial charge is 1.00 e. The maximum atomic E-state index is 10.8. The fourth-order valence-electron chi connectivity index (χ4n) is 0.836. The first kappa shape index (κ1) is 13.0. The Kier molecular flexibility index (Phi) is 4.99. The van der Waals surface area contributed by atoms with E-state index in [0.717, 1.165) is 11.8 Å². The molecule has 0 aromatic heterocycles. The van der Waals surface area contributed by atoms with Gasteiger partial charge in [0.05, 0.1) is 6.26 Å². The van der Waals surface area contributed by atoms with Gasteiger partial charge in [-0.25, -0.2) is 8.42 Å². The van der Waals surface area contributed by atoms with Crippen LogP contribution >= 0.6 is 0 Å². The van der Waals surface area contributed by atoms with Crippen molar-refractivity contribution in [1.29, 1.82) is 0 Å². The summed E-state index contributed by atoms with van der Waals surface area (Å²) in [6, 6.07) is 7.17. The van der Waals surface area contributed by atoms with E-state index in [2.05, 4.69) is 4.72 Å². The Morgan fingerprint density at radius 3 is 2.08 bits per heavy atom. The van der Waals surface area contributed by atoms with Gasteiger partial charge in [0.2, 0.25) is 10.0 Å². The summed E-state index contributed by atoms with van der Waals surface area (Å²) in [6.07, 6.45) is 1.13. The van der Waals surface area contributed by atoms with Crippen molar-refractivity contribution in [2.24, 2.45) is 0 Å². The molecule has 0 spiro atoms. The molecule has 68 valence electrons. The van der Waals surface area contributed by atoms with E-state index in [9.17, 15) is 8.42 Å². The van der Waals surface area contributed by atoms with E-state index in [1.807, 2.05) is 19.1 Å². The quantitative estimate of drug-likeness (QED) is 0.601. The van der Waals surface area contributed by atoms with Crippen molar-refractivity contribution >= 4 is 15.7 Å². The summed E-state index contributed by atoms with van der Waals surface area (Å²) in [5, 5.41) is 0. The maximum Gasteiger partial charge on any atom is 1.00 e. The van der Waals surface area contributed by atoms with Gasteiger partial charge in [-0.3, -0.25) is 4.72 Å².